The van der Waals surface area contributed by atoms with Gasteiger partial charge in [-0.05, 0) is 104 Å². The van der Waals surface area contributed by atoms with Crippen molar-refractivity contribution in [2.24, 2.45) is 0 Å². The highest BCUT2D eigenvalue weighted by molar-refractivity contribution is 14.1. The molecule has 4 aromatic rings. The van der Waals surface area contributed by atoms with Crippen molar-refractivity contribution in [1.82, 2.24) is 49.7 Å². The van der Waals surface area contributed by atoms with Crippen LogP contribution in [-0.2, 0) is 0 Å². The molecule has 14 heteroatoms. The molecule has 6 heterocycles. The number of hydrogen-bond donors (Lipinski definition) is 3. The van der Waals surface area contributed by atoms with E-state index in [0.29, 0.717) is 23.7 Å². The Morgan fingerprint density at radius 2 is 1.23 bits per heavy atom. The first-order chi connectivity index (χ1) is 16.9. The zero-order valence-corrected chi connectivity index (χ0v) is 23.7. The second kappa shape index (κ2) is 10.6. The Bertz CT molecular complexity index is 1320. The summed E-state index contributed by atoms with van der Waals surface area (Å²) in [4.78, 5) is 19.1. The number of hydrogen-bond acceptors (Lipinski definition) is 10. The quantitative estimate of drug-likeness (QED) is 0.265. The number of nitrogens with two attached hydrogens (primary N) is 2. The summed E-state index contributed by atoms with van der Waals surface area (Å²) in [6.45, 7) is 4.26. The third-order valence-electron chi connectivity index (χ3n) is 6.64. The molecule has 0 aliphatic carbocycles. The first-order valence-corrected chi connectivity index (χ1v) is 13.8. The number of nitrogen functional groups attached to an aromatic ring is 2. The predicted octanol–water partition coefficient (Wildman–Crippen LogP) is 2.22. The number of rotatable bonds is 2. The fourth-order valence-corrected chi connectivity index (χ4v) is 6.21. The highest BCUT2D eigenvalue weighted by atomic mass is 127. The molecule has 2 aliphatic rings. The van der Waals surface area contributed by atoms with Crippen LogP contribution in [0.1, 0.15) is 37.8 Å². The highest BCUT2D eigenvalue weighted by Crippen LogP contribution is 2.30. The minimum Gasteiger partial charge on any atom is -0.383 e. The maximum absolute atomic E-state index is 5.90. The van der Waals surface area contributed by atoms with Crippen LogP contribution in [-0.4, -0.2) is 77.6 Å². The maximum atomic E-state index is 5.90. The summed E-state index contributed by atoms with van der Waals surface area (Å²) in [7, 11) is 2.15. The van der Waals surface area contributed by atoms with Crippen LogP contribution in [0.4, 0.5) is 11.6 Å². The summed E-state index contributed by atoms with van der Waals surface area (Å²) in [5, 5.41) is 14.3. The highest BCUT2D eigenvalue weighted by Gasteiger charge is 2.24. The molecule has 12 nitrogen and oxygen atoms in total. The van der Waals surface area contributed by atoms with E-state index < -0.39 is 0 Å². The van der Waals surface area contributed by atoms with E-state index in [1.54, 1.807) is 0 Å². The van der Waals surface area contributed by atoms with Gasteiger partial charge < -0.3 is 21.7 Å². The topological polar surface area (TPSA) is 155 Å². The van der Waals surface area contributed by atoms with Crippen LogP contribution in [0.25, 0.3) is 22.1 Å². The van der Waals surface area contributed by atoms with Crippen molar-refractivity contribution in [3.05, 3.63) is 20.1 Å². The van der Waals surface area contributed by atoms with E-state index in [2.05, 4.69) is 92.6 Å². The Labute approximate surface area is 229 Å². The Hall–Kier alpha value is -1.92. The van der Waals surface area contributed by atoms with Gasteiger partial charge in [-0.15, -0.1) is 0 Å². The van der Waals surface area contributed by atoms with Crippen LogP contribution in [0.15, 0.2) is 12.7 Å². The lowest BCUT2D eigenvalue weighted by Gasteiger charge is -2.29. The summed E-state index contributed by atoms with van der Waals surface area (Å²) in [6, 6.07) is 0.832. The van der Waals surface area contributed by atoms with Gasteiger partial charge in [-0.25, -0.2) is 29.3 Å². The van der Waals surface area contributed by atoms with Gasteiger partial charge in [0.2, 0.25) is 0 Å². The molecule has 0 bridgehead atoms. The van der Waals surface area contributed by atoms with Crippen molar-refractivity contribution in [3.63, 3.8) is 0 Å². The first kappa shape index (κ1) is 24.8. The number of nitrogens with zero attached hydrogens (tertiary/aromatic N) is 9. The van der Waals surface area contributed by atoms with Gasteiger partial charge in [0.25, 0.3) is 0 Å². The van der Waals surface area contributed by atoms with E-state index in [4.69, 9.17) is 11.5 Å². The second-order valence-electron chi connectivity index (χ2n) is 8.90. The van der Waals surface area contributed by atoms with Gasteiger partial charge in [0, 0.05) is 0 Å². The Morgan fingerprint density at radius 3 is 1.71 bits per heavy atom. The van der Waals surface area contributed by atoms with Gasteiger partial charge in [0.05, 0.1) is 22.9 Å². The molecule has 0 atom stereocenters. The molecule has 0 aromatic carbocycles. The van der Waals surface area contributed by atoms with E-state index in [-0.39, 0.29) is 0 Å². The van der Waals surface area contributed by atoms with E-state index in [1.165, 1.54) is 12.7 Å². The van der Waals surface area contributed by atoms with Crippen LogP contribution in [0.2, 0.25) is 0 Å². The Balaban J connectivity index is 0.000000145. The second-order valence-corrected chi connectivity index (χ2v) is 10.9. The number of fused-ring (bicyclic) bond motifs is 2. The Morgan fingerprint density at radius 1 is 0.771 bits per heavy atom. The van der Waals surface area contributed by atoms with Crippen molar-refractivity contribution < 1.29 is 0 Å². The molecular formula is C21H28I2N12. The molecule has 0 radical (unpaired) electrons. The van der Waals surface area contributed by atoms with Gasteiger partial charge in [0.15, 0.2) is 11.3 Å². The van der Waals surface area contributed by atoms with Gasteiger partial charge in [0.1, 0.15) is 31.7 Å². The first-order valence-electron chi connectivity index (χ1n) is 11.6. The van der Waals surface area contributed by atoms with Gasteiger partial charge in [-0.2, -0.15) is 10.2 Å². The molecule has 0 unspecified atom stereocenters. The Kier molecular flexibility index (Phi) is 7.50. The fraction of sp³-hybridized carbons (Fsp3) is 0.524. The minimum absolute atomic E-state index is 0.413. The van der Waals surface area contributed by atoms with Crippen LogP contribution >= 0.6 is 45.2 Å². The molecule has 35 heavy (non-hydrogen) atoms. The van der Waals surface area contributed by atoms with E-state index in [1.807, 2.05) is 9.36 Å². The van der Waals surface area contributed by atoms with Crippen molar-refractivity contribution in [3.8, 4) is 0 Å². The average Bonchev–Trinajstić information content (AvgIpc) is 3.39. The molecule has 0 amide bonds. The van der Waals surface area contributed by atoms with Crippen LogP contribution in [0, 0.1) is 7.40 Å². The number of nitrogens with one attached hydrogen (secondary N) is 1. The largest absolute Gasteiger partial charge is 0.383 e. The third-order valence-corrected chi connectivity index (χ3v) is 8.15. The molecule has 6 rings (SSSR count). The normalized spacial score (nSPS) is 18.1. The molecule has 5 N–H and O–H groups in total. The van der Waals surface area contributed by atoms with E-state index >= 15 is 0 Å². The molecular weight excluding hydrogens is 674 g/mol. The standard InChI is InChI=1S/C11H15IN6.C10H13IN6/c1-17-4-2-7(3-5-17)18-11-8(9(12)16-18)10(13)14-6-15-11;11-8-7-9(12)14-5-15-10(7)17(16-8)6-1-3-13-4-2-6/h6-7H,2-5H2,1H3,(H2,13,14,15);5-6,13H,1-4H2,(H2,12,14,15). The van der Waals surface area contributed by atoms with Gasteiger partial charge >= 0.3 is 0 Å². The molecule has 2 saturated heterocycles. The number of halogens is 2. The maximum Gasteiger partial charge on any atom is 0.164 e. The summed E-state index contributed by atoms with van der Waals surface area (Å²) >= 11 is 4.40. The number of aromatic nitrogens is 8. The van der Waals surface area contributed by atoms with Crippen LogP contribution in [0.5, 0.6) is 0 Å². The average molecular weight is 702 g/mol. The summed E-state index contributed by atoms with van der Waals surface area (Å²) in [5.74, 6) is 1.03. The lowest BCUT2D eigenvalue weighted by Crippen LogP contribution is -2.32. The number of likely N-dealkylation sites (tertiary alicyclic amines) is 1. The molecule has 186 valence electrons. The lowest BCUT2D eigenvalue weighted by atomic mass is 10.1. The summed E-state index contributed by atoms with van der Waals surface area (Å²) < 4.78 is 5.81. The van der Waals surface area contributed by atoms with Crippen molar-refractivity contribution >= 4 is 78.9 Å². The monoisotopic (exact) mass is 702 g/mol. The zero-order chi connectivity index (χ0) is 24.5. The lowest BCUT2D eigenvalue weighted by molar-refractivity contribution is 0.214. The predicted molar refractivity (Wildman–Crippen MR) is 152 cm³/mol. The molecule has 0 saturated carbocycles. The van der Waals surface area contributed by atoms with Crippen LogP contribution < -0.4 is 16.8 Å². The van der Waals surface area contributed by atoms with Gasteiger partial charge in [-0.3, -0.25) is 0 Å². The zero-order valence-electron chi connectivity index (χ0n) is 19.4. The summed E-state index contributed by atoms with van der Waals surface area (Å²) in [5.41, 5.74) is 13.5. The van der Waals surface area contributed by atoms with Crippen molar-refractivity contribution in [2.45, 2.75) is 37.8 Å². The third kappa shape index (κ3) is 5.01. The molecule has 4 aromatic heterocycles. The number of anilines is 2. The van der Waals surface area contributed by atoms with E-state index in [9.17, 15) is 0 Å². The van der Waals surface area contributed by atoms with Crippen LogP contribution in [0.3, 0.4) is 0 Å². The number of piperidine rings is 2. The SMILES string of the molecule is CN1CCC(n2nc(I)c3c(N)ncnc32)CC1.Nc1ncnc2c1c(I)nn2C1CCNCC1. The molecule has 0 spiro atoms. The van der Waals surface area contributed by atoms with Crippen molar-refractivity contribution in [1.29, 1.82) is 0 Å². The van der Waals surface area contributed by atoms with E-state index in [0.717, 1.165) is 81.3 Å². The molecule has 2 aliphatic heterocycles. The smallest absolute Gasteiger partial charge is 0.164 e. The fourth-order valence-electron chi connectivity index (χ4n) is 4.71. The van der Waals surface area contributed by atoms with Gasteiger partial charge in [-0.1, -0.05) is 0 Å². The molecule has 2 fully saturated rings. The minimum atomic E-state index is 0.413. The summed E-state index contributed by atoms with van der Waals surface area (Å²) in [6.07, 6.45) is 7.39. The van der Waals surface area contributed by atoms with Crippen molar-refractivity contribution in [2.75, 3.05) is 44.7 Å².